The lowest BCUT2D eigenvalue weighted by Gasteiger charge is -2.33. The van der Waals surface area contributed by atoms with Gasteiger partial charge in [-0.3, -0.25) is 0 Å². The van der Waals surface area contributed by atoms with Crippen LogP contribution in [0.15, 0.2) is 12.3 Å². The van der Waals surface area contributed by atoms with Gasteiger partial charge in [0, 0.05) is 12.6 Å². The highest BCUT2D eigenvalue weighted by atomic mass is 19.4. The predicted octanol–water partition coefficient (Wildman–Crippen LogP) is 3.45. The van der Waals surface area contributed by atoms with Crippen molar-refractivity contribution in [2.75, 3.05) is 17.2 Å². The van der Waals surface area contributed by atoms with E-state index in [2.05, 4.69) is 9.88 Å². The molecule has 2 N–H and O–H groups in total. The van der Waals surface area contributed by atoms with E-state index >= 15 is 0 Å². The lowest BCUT2D eigenvalue weighted by Crippen LogP contribution is -2.35. The Morgan fingerprint density at radius 3 is 2.70 bits per heavy atom. The van der Waals surface area contributed by atoms with Crippen LogP contribution in [0.1, 0.15) is 37.8 Å². The van der Waals surface area contributed by atoms with Crippen molar-refractivity contribution in [3.63, 3.8) is 0 Å². The SMILES string of the molecule is Nc1cnc(C(F)(F)F)cc1N1CCC2CCCCC21. The molecule has 2 aliphatic rings. The van der Waals surface area contributed by atoms with Crippen molar-refractivity contribution in [3.8, 4) is 0 Å². The Morgan fingerprint density at radius 2 is 1.95 bits per heavy atom. The molecule has 2 unspecified atom stereocenters. The van der Waals surface area contributed by atoms with Crippen molar-refractivity contribution in [3.05, 3.63) is 18.0 Å². The van der Waals surface area contributed by atoms with Gasteiger partial charge in [0.25, 0.3) is 0 Å². The number of hydrogen-bond acceptors (Lipinski definition) is 3. The third kappa shape index (κ3) is 2.31. The minimum Gasteiger partial charge on any atom is -0.396 e. The predicted molar refractivity (Wildman–Crippen MR) is 71.4 cm³/mol. The van der Waals surface area contributed by atoms with Gasteiger partial charge < -0.3 is 10.6 Å². The molecule has 110 valence electrons. The van der Waals surface area contributed by atoms with Crippen LogP contribution in [0.5, 0.6) is 0 Å². The molecule has 2 fully saturated rings. The standard InChI is InChI=1S/C14H18F3N3/c15-14(16,17)13-7-12(10(18)8-19-13)20-6-5-9-3-1-2-4-11(9)20/h7-9,11H,1-6,18H2. The van der Waals surface area contributed by atoms with Crippen LogP contribution in [0.2, 0.25) is 0 Å². The fraction of sp³-hybridized carbons (Fsp3) is 0.643. The maximum atomic E-state index is 12.8. The molecule has 3 nitrogen and oxygen atoms in total. The zero-order valence-corrected chi connectivity index (χ0v) is 11.2. The monoisotopic (exact) mass is 285 g/mol. The van der Waals surface area contributed by atoms with Crippen LogP contribution in [0.3, 0.4) is 0 Å². The van der Waals surface area contributed by atoms with Crippen LogP contribution in [0.25, 0.3) is 0 Å². The number of anilines is 2. The Hall–Kier alpha value is -1.46. The van der Waals surface area contributed by atoms with Crippen molar-refractivity contribution in [2.24, 2.45) is 5.92 Å². The Kier molecular flexibility index (Phi) is 3.26. The summed E-state index contributed by atoms with van der Waals surface area (Å²) in [5.41, 5.74) is 5.84. The molecule has 1 aromatic heterocycles. The van der Waals surface area contributed by atoms with Gasteiger partial charge in [-0.2, -0.15) is 13.2 Å². The van der Waals surface area contributed by atoms with Gasteiger partial charge in [-0.05, 0) is 31.2 Å². The molecule has 0 spiro atoms. The molecule has 0 bridgehead atoms. The molecule has 3 rings (SSSR count). The number of fused-ring (bicyclic) bond motifs is 1. The summed E-state index contributed by atoms with van der Waals surface area (Å²) in [6.07, 6.45) is 2.37. The van der Waals surface area contributed by atoms with Crippen molar-refractivity contribution in [1.29, 1.82) is 0 Å². The van der Waals surface area contributed by atoms with Crippen molar-refractivity contribution in [1.82, 2.24) is 4.98 Å². The summed E-state index contributed by atoms with van der Waals surface area (Å²) >= 11 is 0. The average molecular weight is 285 g/mol. The average Bonchev–Trinajstić information content (AvgIpc) is 2.82. The van der Waals surface area contributed by atoms with Crippen LogP contribution in [0, 0.1) is 5.92 Å². The van der Waals surface area contributed by atoms with E-state index in [4.69, 9.17) is 5.73 Å². The highest BCUT2D eigenvalue weighted by molar-refractivity contribution is 5.68. The van der Waals surface area contributed by atoms with Crippen LogP contribution in [-0.2, 0) is 6.18 Å². The summed E-state index contributed by atoms with van der Waals surface area (Å²) in [6.45, 7) is 0.793. The van der Waals surface area contributed by atoms with E-state index < -0.39 is 11.9 Å². The first kappa shape index (κ1) is 13.5. The minimum atomic E-state index is -4.42. The second-order valence-corrected chi connectivity index (χ2v) is 5.72. The highest BCUT2D eigenvalue weighted by Gasteiger charge is 2.38. The summed E-state index contributed by atoms with van der Waals surface area (Å²) in [5, 5.41) is 0. The smallest absolute Gasteiger partial charge is 0.396 e. The number of pyridine rings is 1. The normalized spacial score (nSPS) is 26.6. The van der Waals surface area contributed by atoms with Gasteiger partial charge >= 0.3 is 6.18 Å². The van der Waals surface area contributed by atoms with Crippen molar-refractivity contribution < 1.29 is 13.2 Å². The maximum absolute atomic E-state index is 12.8. The summed E-state index contributed by atoms with van der Waals surface area (Å²) in [7, 11) is 0. The fourth-order valence-corrected chi connectivity index (χ4v) is 3.56. The Labute approximate surface area is 116 Å². The van der Waals surface area contributed by atoms with Gasteiger partial charge in [0.1, 0.15) is 5.69 Å². The molecule has 1 aromatic rings. The summed E-state index contributed by atoms with van der Waals surface area (Å²) in [5.74, 6) is 0.602. The first-order chi connectivity index (χ1) is 9.47. The lowest BCUT2D eigenvalue weighted by molar-refractivity contribution is -0.141. The third-order valence-electron chi connectivity index (χ3n) is 4.52. The summed E-state index contributed by atoms with van der Waals surface area (Å²) in [4.78, 5) is 5.47. The van der Waals surface area contributed by atoms with Gasteiger partial charge in [-0.25, -0.2) is 4.98 Å². The molecule has 6 heteroatoms. The van der Waals surface area contributed by atoms with Crippen LogP contribution in [0.4, 0.5) is 24.5 Å². The quantitative estimate of drug-likeness (QED) is 0.859. The lowest BCUT2D eigenvalue weighted by atomic mass is 9.85. The van der Waals surface area contributed by atoms with E-state index in [-0.39, 0.29) is 0 Å². The zero-order chi connectivity index (χ0) is 14.3. The van der Waals surface area contributed by atoms with E-state index in [0.29, 0.717) is 23.3 Å². The molecule has 0 radical (unpaired) electrons. The Balaban J connectivity index is 1.93. The van der Waals surface area contributed by atoms with Gasteiger partial charge in [0.15, 0.2) is 0 Å². The molecular weight excluding hydrogens is 267 g/mol. The Bertz CT molecular complexity index is 501. The number of nitrogens with zero attached hydrogens (tertiary/aromatic N) is 2. The number of nitrogen functional groups attached to an aromatic ring is 1. The van der Waals surface area contributed by atoms with Gasteiger partial charge in [0.05, 0.1) is 17.6 Å². The number of alkyl halides is 3. The molecule has 1 aliphatic heterocycles. The third-order valence-corrected chi connectivity index (χ3v) is 4.52. The molecule has 0 amide bonds. The summed E-state index contributed by atoms with van der Waals surface area (Å²) < 4.78 is 38.4. The largest absolute Gasteiger partial charge is 0.433 e. The van der Waals surface area contributed by atoms with E-state index in [0.717, 1.165) is 38.1 Å². The molecule has 1 aliphatic carbocycles. The highest BCUT2D eigenvalue weighted by Crippen LogP contribution is 2.41. The van der Waals surface area contributed by atoms with Crippen LogP contribution in [-0.4, -0.2) is 17.6 Å². The fourth-order valence-electron chi connectivity index (χ4n) is 3.56. The van der Waals surface area contributed by atoms with Crippen LogP contribution < -0.4 is 10.6 Å². The van der Waals surface area contributed by atoms with Gasteiger partial charge in [0.2, 0.25) is 0 Å². The molecule has 2 atom stereocenters. The minimum absolute atomic E-state index is 0.337. The molecule has 1 saturated heterocycles. The number of nitrogens with two attached hydrogens (primary N) is 1. The van der Waals surface area contributed by atoms with Gasteiger partial charge in [-0.1, -0.05) is 12.8 Å². The molecule has 1 saturated carbocycles. The zero-order valence-electron chi connectivity index (χ0n) is 11.2. The Morgan fingerprint density at radius 1 is 1.20 bits per heavy atom. The topological polar surface area (TPSA) is 42.1 Å². The van der Waals surface area contributed by atoms with Crippen molar-refractivity contribution in [2.45, 2.75) is 44.3 Å². The maximum Gasteiger partial charge on any atom is 0.433 e. The molecule has 2 heterocycles. The second-order valence-electron chi connectivity index (χ2n) is 5.72. The first-order valence-electron chi connectivity index (χ1n) is 7.06. The van der Waals surface area contributed by atoms with E-state index in [1.54, 1.807) is 0 Å². The van der Waals surface area contributed by atoms with Gasteiger partial charge in [-0.15, -0.1) is 0 Å². The first-order valence-corrected chi connectivity index (χ1v) is 7.06. The molecule has 20 heavy (non-hydrogen) atoms. The van der Waals surface area contributed by atoms with Crippen LogP contribution >= 0.6 is 0 Å². The number of hydrogen-bond donors (Lipinski definition) is 1. The van der Waals surface area contributed by atoms with E-state index in [9.17, 15) is 13.2 Å². The molecule has 0 aromatic carbocycles. The van der Waals surface area contributed by atoms with Crippen molar-refractivity contribution >= 4 is 11.4 Å². The number of aromatic nitrogens is 1. The van der Waals surface area contributed by atoms with E-state index in [1.165, 1.54) is 12.8 Å². The molecular formula is C14H18F3N3. The summed E-state index contributed by atoms with van der Waals surface area (Å²) in [6, 6.07) is 1.45. The number of rotatable bonds is 1. The van der Waals surface area contributed by atoms with E-state index in [1.807, 2.05) is 0 Å². The number of halogens is 3. The second kappa shape index (κ2) is 4.82.